The topological polar surface area (TPSA) is 114 Å². The fraction of sp³-hybridized carbons (Fsp3) is 0.421. The lowest BCUT2D eigenvalue weighted by Crippen LogP contribution is -2.55. The number of rotatable bonds is 14. The number of hydrogen-bond donors (Lipinski definition) is 2. The molecule has 3 amide bonds. The molecule has 250 valence electrons. The average Bonchev–Trinajstić information content (AvgIpc) is 3.83. The van der Waals surface area contributed by atoms with Crippen LogP contribution < -0.4 is 10.6 Å². The Labute approximate surface area is 278 Å². The third-order valence-electron chi connectivity index (χ3n) is 7.79. The predicted octanol–water partition coefficient (Wildman–Crippen LogP) is 5.78. The molecule has 0 radical (unpaired) electrons. The lowest BCUT2D eigenvalue weighted by atomic mass is 10.0. The second-order valence-corrected chi connectivity index (χ2v) is 13.5. The van der Waals surface area contributed by atoms with E-state index < -0.39 is 41.6 Å². The summed E-state index contributed by atoms with van der Waals surface area (Å²) in [6, 6.07) is 26.4. The Balaban J connectivity index is 1.49. The molecule has 2 N–H and O–H groups in total. The van der Waals surface area contributed by atoms with Crippen LogP contribution in [0.4, 0.5) is 4.79 Å². The van der Waals surface area contributed by atoms with E-state index >= 15 is 0 Å². The van der Waals surface area contributed by atoms with Gasteiger partial charge in [0.05, 0.1) is 0 Å². The number of nitrogens with zero attached hydrogens (tertiary/aromatic N) is 1. The van der Waals surface area contributed by atoms with E-state index in [1.54, 1.807) is 20.8 Å². The number of carbonyl (C=O) groups is 4. The standard InChI is InChI=1S/C38H47N3O6/c1-26(2)21-32(36(44)46-25-28-17-11-7-12-18-28)40-35(43)31(22-27-15-9-6-10-16-27)39-34(42)24-41(37(45)47-38(3,4)5)33-23-30(33)29-19-13-8-14-20-29/h6-20,26,30-33H,21-25H2,1-5H3,(H,39,42)(H,40,43)/t30-,31-,32-,33?/m1/s1. The summed E-state index contributed by atoms with van der Waals surface area (Å²) in [6.07, 6.45) is 0.666. The highest BCUT2D eigenvalue weighted by molar-refractivity contribution is 5.92. The first-order valence-electron chi connectivity index (χ1n) is 16.3. The van der Waals surface area contributed by atoms with E-state index in [1.807, 2.05) is 105 Å². The fourth-order valence-electron chi connectivity index (χ4n) is 5.46. The number of amides is 3. The zero-order chi connectivity index (χ0) is 34.0. The number of nitrogens with one attached hydrogen (secondary N) is 2. The van der Waals surface area contributed by atoms with Crippen LogP contribution in [0, 0.1) is 5.92 Å². The van der Waals surface area contributed by atoms with Crippen LogP contribution in [0.25, 0.3) is 0 Å². The molecule has 4 atom stereocenters. The van der Waals surface area contributed by atoms with Crippen molar-refractivity contribution < 1.29 is 28.7 Å². The highest BCUT2D eigenvalue weighted by Gasteiger charge is 2.46. The number of hydrogen-bond acceptors (Lipinski definition) is 6. The lowest BCUT2D eigenvalue weighted by molar-refractivity contribution is -0.149. The molecule has 1 fully saturated rings. The maximum Gasteiger partial charge on any atom is 0.411 e. The second kappa shape index (κ2) is 16.3. The summed E-state index contributed by atoms with van der Waals surface area (Å²) < 4.78 is 11.3. The van der Waals surface area contributed by atoms with Crippen LogP contribution in [0.3, 0.4) is 0 Å². The zero-order valence-electron chi connectivity index (χ0n) is 28.0. The maximum atomic E-state index is 13.8. The molecule has 1 saturated carbocycles. The Morgan fingerprint density at radius 1 is 0.809 bits per heavy atom. The first-order valence-corrected chi connectivity index (χ1v) is 16.3. The van der Waals surface area contributed by atoms with E-state index in [4.69, 9.17) is 9.47 Å². The van der Waals surface area contributed by atoms with Gasteiger partial charge in [0.15, 0.2) is 0 Å². The molecule has 0 spiro atoms. The minimum Gasteiger partial charge on any atom is -0.459 e. The van der Waals surface area contributed by atoms with Gasteiger partial charge in [-0.2, -0.15) is 0 Å². The summed E-state index contributed by atoms with van der Waals surface area (Å²) in [4.78, 5) is 55.4. The third-order valence-corrected chi connectivity index (χ3v) is 7.79. The summed E-state index contributed by atoms with van der Waals surface area (Å²) in [7, 11) is 0. The zero-order valence-corrected chi connectivity index (χ0v) is 28.0. The van der Waals surface area contributed by atoms with Crippen LogP contribution in [0.2, 0.25) is 0 Å². The molecule has 9 nitrogen and oxygen atoms in total. The number of carbonyl (C=O) groups excluding carboxylic acids is 4. The SMILES string of the molecule is CC(C)C[C@@H](NC(=O)[C@@H](Cc1ccccc1)NC(=O)CN(C(=O)OC(C)(C)C)C1C[C@@H]1c1ccccc1)C(=O)OCc1ccccc1. The lowest BCUT2D eigenvalue weighted by Gasteiger charge is -2.28. The van der Waals surface area contributed by atoms with E-state index in [0.29, 0.717) is 12.8 Å². The van der Waals surface area contributed by atoms with E-state index in [9.17, 15) is 19.2 Å². The molecule has 1 unspecified atom stereocenters. The van der Waals surface area contributed by atoms with Gasteiger partial charge in [-0.15, -0.1) is 0 Å². The average molecular weight is 642 g/mol. The van der Waals surface area contributed by atoms with Crippen LogP contribution in [0.5, 0.6) is 0 Å². The van der Waals surface area contributed by atoms with Crippen molar-refractivity contribution in [3.8, 4) is 0 Å². The Hall–Kier alpha value is -4.66. The smallest absolute Gasteiger partial charge is 0.411 e. The van der Waals surface area contributed by atoms with Gasteiger partial charge < -0.3 is 20.1 Å². The Kier molecular flexibility index (Phi) is 12.2. The van der Waals surface area contributed by atoms with Gasteiger partial charge >= 0.3 is 12.1 Å². The van der Waals surface area contributed by atoms with Crippen molar-refractivity contribution in [3.05, 3.63) is 108 Å². The van der Waals surface area contributed by atoms with Gasteiger partial charge in [-0.25, -0.2) is 9.59 Å². The van der Waals surface area contributed by atoms with E-state index in [2.05, 4.69) is 10.6 Å². The molecule has 0 aliphatic heterocycles. The van der Waals surface area contributed by atoms with Crippen LogP contribution >= 0.6 is 0 Å². The van der Waals surface area contributed by atoms with Crippen molar-refractivity contribution >= 4 is 23.9 Å². The molecule has 1 aliphatic rings. The molecule has 4 rings (SSSR count). The van der Waals surface area contributed by atoms with Crippen molar-refractivity contribution in [1.82, 2.24) is 15.5 Å². The third kappa shape index (κ3) is 11.3. The second-order valence-electron chi connectivity index (χ2n) is 13.5. The van der Waals surface area contributed by atoms with Crippen molar-refractivity contribution in [2.45, 2.75) is 90.1 Å². The quantitative estimate of drug-likeness (QED) is 0.216. The fourth-order valence-corrected chi connectivity index (χ4v) is 5.46. The molecule has 0 bridgehead atoms. The number of esters is 1. The van der Waals surface area contributed by atoms with Crippen LogP contribution in [-0.4, -0.2) is 59.0 Å². The van der Waals surface area contributed by atoms with Gasteiger partial charge in [0, 0.05) is 18.4 Å². The van der Waals surface area contributed by atoms with E-state index in [-0.39, 0.29) is 37.5 Å². The summed E-state index contributed by atoms with van der Waals surface area (Å²) in [5.41, 5.74) is 2.00. The molecule has 0 aromatic heterocycles. The van der Waals surface area contributed by atoms with Gasteiger partial charge in [-0.3, -0.25) is 14.5 Å². The van der Waals surface area contributed by atoms with Gasteiger partial charge in [-0.05, 0) is 56.2 Å². The largest absolute Gasteiger partial charge is 0.459 e. The number of benzene rings is 3. The number of ether oxygens (including phenoxy) is 2. The van der Waals surface area contributed by atoms with E-state index in [1.165, 1.54) is 4.90 Å². The first-order chi connectivity index (χ1) is 22.4. The molecular formula is C38H47N3O6. The van der Waals surface area contributed by atoms with Gasteiger partial charge in [0.25, 0.3) is 0 Å². The molecular weight excluding hydrogens is 594 g/mol. The predicted molar refractivity (Wildman–Crippen MR) is 180 cm³/mol. The van der Waals surface area contributed by atoms with Crippen LogP contribution in [0.15, 0.2) is 91.0 Å². The Morgan fingerprint density at radius 2 is 1.38 bits per heavy atom. The molecule has 3 aromatic rings. The Bertz CT molecular complexity index is 1470. The van der Waals surface area contributed by atoms with Gasteiger partial charge in [0.1, 0.15) is 30.8 Å². The molecule has 3 aromatic carbocycles. The summed E-state index contributed by atoms with van der Waals surface area (Å²) >= 11 is 0. The molecule has 9 heteroatoms. The molecule has 47 heavy (non-hydrogen) atoms. The minimum atomic E-state index is -1.01. The van der Waals surface area contributed by atoms with Crippen LogP contribution in [-0.2, 0) is 36.9 Å². The highest BCUT2D eigenvalue weighted by Crippen LogP contribution is 2.45. The van der Waals surface area contributed by atoms with Crippen LogP contribution in [0.1, 0.15) is 70.1 Å². The Morgan fingerprint density at radius 3 is 1.96 bits per heavy atom. The minimum absolute atomic E-state index is 0.0821. The molecule has 0 heterocycles. The molecule has 1 aliphatic carbocycles. The monoisotopic (exact) mass is 641 g/mol. The van der Waals surface area contributed by atoms with Gasteiger partial charge in [0.2, 0.25) is 11.8 Å². The van der Waals surface area contributed by atoms with Crippen molar-refractivity contribution in [3.63, 3.8) is 0 Å². The summed E-state index contributed by atoms with van der Waals surface area (Å²) in [6.45, 7) is 9.06. The van der Waals surface area contributed by atoms with Gasteiger partial charge in [-0.1, -0.05) is 105 Å². The van der Waals surface area contributed by atoms with Crippen molar-refractivity contribution in [1.29, 1.82) is 0 Å². The maximum absolute atomic E-state index is 13.8. The molecule has 0 saturated heterocycles. The normalized spacial score (nSPS) is 16.8. The first kappa shape index (κ1) is 35.2. The summed E-state index contributed by atoms with van der Waals surface area (Å²) in [5.74, 6) is -1.39. The van der Waals surface area contributed by atoms with Crippen molar-refractivity contribution in [2.75, 3.05) is 6.54 Å². The van der Waals surface area contributed by atoms with E-state index in [0.717, 1.165) is 16.7 Å². The van der Waals surface area contributed by atoms with Crippen molar-refractivity contribution in [2.24, 2.45) is 5.92 Å². The summed E-state index contributed by atoms with van der Waals surface area (Å²) in [5, 5.41) is 5.70. The highest BCUT2D eigenvalue weighted by atomic mass is 16.6.